The van der Waals surface area contributed by atoms with Crippen molar-refractivity contribution in [3.63, 3.8) is 0 Å². The minimum absolute atomic E-state index is 0. The molecule has 0 bridgehead atoms. The van der Waals surface area contributed by atoms with Crippen LogP contribution in [0.15, 0.2) is 17.6 Å². The van der Waals surface area contributed by atoms with E-state index in [0.717, 1.165) is 51.0 Å². The summed E-state index contributed by atoms with van der Waals surface area (Å²) in [6.07, 6.45) is 10.6. The van der Waals surface area contributed by atoms with Crippen LogP contribution in [-0.2, 0) is 4.74 Å². The van der Waals surface area contributed by atoms with Gasteiger partial charge in [-0.15, -0.1) is 30.6 Å². The minimum atomic E-state index is 0. The number of nitrogens with one attached hydrogen (secondary N) is 1. The van der Waals surface area contributed by atoms with E-state index in [0.29, 0.717) is 0 Å². The van der Waals surface area contributed by atoms with E-state index in [2.05, 4.69) is 28.8 Å². The first-order valence-corrected chi connectivity index (χ1v) is 8.38. The molecule has 1 aliphatic rings. The van der Waals surface area contributed by atoms with Crippen molar-refractivity contribution in [3.8, 4) is 0 Å². The molecular formula is C17H34IN3O. The van der Waals surface area contributed by atoms with Crippen LogP contribution in [0.5, 0.6) is 0 Å². The van der Waals surface area contributed by atoms with Gasteiger partial charge in [-0.3, -0.25) is 4.99 Å². The van der Waals surface area contributed by atoms with Crippen LogP contribution in [0.2, 0.25) is 0 Å². The highest BCUT2D eigenvalue weighted by Gasteiger charge is 2.20. The quantitative estimate of drug-likeness (QED) is 0.171. The van der Waals surface area contributed by atoms with E-state index < -0.39 is 0 Å². The Hall–Kier alpha value is -0.300. The van der Waals surface area contributed by atoms with Crippen LogP contribution in [-0.4, -0.2) is 51.3 Å². The van der Waals surface area contributed by atoms with E-state index >= 15 is 0 Å². The maximum atomic E-state index is 5.63. The van der Waals surface area contributed by atoms with E-state index in [1.54, 1.807) is 0 Å². The second kappa shape index (κ2) is 14.3. The largest absolute Gasteiger partial charge is 0.381 e. The summed E-state index contributed by atoms with van der Waals surface area (Å²) in [6.45, 7) is 7.54. The van der Waals surface area contributed by atoms with Crippen molar-refractivity contribution >= 4 is 29.9 Å². The number of nitrogens with zero attached hydrogens (tertiary/aromatic N) is 2. The van der Waals surface area contributed by atoms with Gasteiger partial charge in [0.25, 0.3) is 0 Å². The molecule has 1 N–H and O–H groups in total. The maximum absolute atomic E-state index is 5.63. The Morgan fingerprint density at radius 3 is 2.73 bits per heavy atom. The zero-order valence-corrected chi connectivity index (χ0v) is 16.7. The molecule has 5 heteroatoms. The zero-order chi connectivity index (χ0) is 15.3. The van der Waals surface area contributed by atoms with E-state index in [9.17, 15) is 0 Å². The molecule has 0 radical (unpaired) electrons. The minimum Gasteiger partial charge on any atom is -0.381 e. The first-order valence-electron chi connectivity index (χ1n) is 8.38. The molecule has 0 spiro atoms. The van der Waals surface area contributed by atoms with Crippen molar-refractivity contribution in [2.24, 2.45) is 10.9 Å². The molecule has 0 aromatic heterocycles. The summed E-state index contributed by atoms with van der Waals surface area (Å²) in [5, 5.41) is 3.40. The highest BCUT2D eigenvalue weighted by molar-refractivity contribution is 14.0. The van der Waals surface area contributed by atoms with Crippen molar-refractivity contribution in [2.75, 3.05) is 40.4 Å². The SMILES string of the molecule is C=CCCCCCN(C)C(=NC)NCCCOCC1CC1.I. The van der Waals surface area contributed by atoms with Gasteiger partial charge < -0.3 is 15.0 Å². The van der Waals surface area contributed by atoms with Gasteiger partial charge in [0.2, 0.25) is 0 Å². The van der Waals surface area contributed by atoms with E-state index in [1.807, 2.05) is 13.1 Å². The number of ether oxygens (including phenoxy) is 1. The molecule has 22 heavy (non-hydrogen) atoms. The Kier molecular flexibility index (Phi) is 14.1. The smallest absolute Gasteiger partial charge is 0.193 e. The van der Waals surface area contributed by atoms with Crippen LogP contribution < -0.4 is 5.32 Å². The molecule has 0 amide bonds. The van der Waals surface area contributed by atoms with Gasteiger partial charge in [0.1, 0.15) is 0 Å². The summed E-state index contributed by atoms with van der Waals surface area (Å²) in [4.78, 5) is 6.54. The normalized spacial score (nSPS) is 14.4. The third kappa shape index (κ3) is 11.3. The number of hydrogen-bond acceptors (Lipinski definition) is 2. The number of halogens is 1. The van der Waals surface area contributed by atoms with Crippen molar-refractivity contribution in [1.82, 2.24) is 10.2 Å². The van der Waals surface area contributed by atoms with Gasteiger partial charge in [0.15, 0.2) is 5.96 Å². The second-order valence-electron chi connectivity index (χ2n) is 5.91. The molecule has 0 aliphatic heterocycles. The Bertz CT molecular complexity index is 306. The predicted octanol–water partition coefficient (Wildman–Crippen LogP) is 3.67. The number of aliphatic imine (C=N–C) groups is 1. The molecule has 1 fully saturated rings. The molecule has 0 unspecified atom stereocenters. The monoisotopic (exact) mass is 423 g/mol. The molecule has 1 saturated carbocycles. The van der Waals surface area contributed by atoms with Crippen LogP contribution in [0.4, 0.5) is 0 Å². The molecule has 0 aromatic rings. The maximum Gasteiger partial charge on any atom is 0.193 e. The number of unbranched alkanes of at least 4 members (excludes halogenated alkanes) is 3. The van der Waals surface area contributed by atoms with Gasteiger partial charge >= 0.3 is 0 Å². The van der Waals surface area contributed by atoms with Crippen LogP contribution in [0.1, 0.15) is 44.9 Å². The zero-order valence-electron chi connectivity index (χ0n) is 14.4. The van der Waals surface area contributed by atoms with E-state index in [1.165, 1.54) is 32.1 Å². The van der Waals surface area contributed by atoms with Crippen molar-refractivity contribution in [1.29, 1.82) is 0 Å². The third-order valence-corrected chi connectivity index (χ3v) is 3.77. The molecule has 4 nitrogen and oxygen atoms in total. The lowest BCUT2D eigenvalue weighted by Gasteiger charge is -2.22. The van der Waals surface area contributed by atoms with E-state index in [4.69, 9.17) is 4.74 Å². The molecule has 0 atom stereocenters. The summed E-state index contributed by atoms with van der Waals surface area (Å²) in [7, 11) is 3.95. The number of allylic oxidation sites excluding steroid dienone is 1. The van der Waals surface area contributed by atoms with Crippen LogP contribution >= 0.6 is 24.0 Å². The molecule has 0 saturated heterocycles. The van der Waals surface area contributed by atoms with E-state index in [-0.39, 0.29) is 24.0 Å². The first-order chi connectivity index (χ1) is 10.3. The van der Waals surface area contributed by atoms with Gasteiger partial charge in [0.05, 0.1) is 0 Å². The summed E-state index contributed by atoms with van der Waals surface area (Å²) in [6, 6.07) is 0. The highest BCUT2D eigenvalue weighted by Crippen LogP contribution is 2.28. The average Bonchev–Trinajstić information content (AvgIpc) is 3.30. The van der Waals surface area contributed by atoms with Gasteiger partial charge in [-0.2, -0.15) is 0 Å². The molecule has 0 aromatic carbocycles. The van der Waals surface area contributed by atoms with Crippen LogP contribution in [0, 0.1) is 5.92 Å². The van der Waals surface area contributed by atoms with Gasteiger partial charge in [0, 0.05) is 40.4 Å². The predicted molar refractivity (Wildman–Crippen MR) is 106 cm³/mol. The fourth-order valence-electron chi connectivity index (χ4n) is 2.21. The fourth-order valence-corrected chi connectivity index (χ4v) is 2.21. The summed E-state index contributed by atoms with van der Waals surface area (Å²) >= 11 is 0. The number of rotatable bonds is 12. The molecular weight excluding hydrogens is 389 g/mol. The van der Waals surface area contributed by atoms with Crippen molar-refractivity contribution < 1.29 is 4.74 Å². The van der Waals surface area contributed by atoms with Crippen molar-refractivity contribution in [2.45, 2.75) is 44.9 Å². The molecule has 130 valence electrons. The lowest BCUT2D eigenvalue weighted by atomic mass is 10.2. The highest BCUT2D eigenvalue weighted by atomic mass is 127. The Morgan fingerprint density at radius 1 is 1.32 bits per heavy atom. The van der Waals surface area contributed by atoms with Crippen molar-refractivity contribution in [3.05, 3.63) is 12.7 Å². The fraction of sp³-hybridized carbons (Fsp3) is 0.824. The summed E-state index contributed by atoms with van der Waals surface area (Å²) < 4.78 is 5.63. The Labute approximate surface area is 153 Å². The average molecular weight is 423 g/mol. The second-order valence-corrected chi connectivity index (χ2v) is 5.91. The first kappa shape index (κ1) is 21.7. The standard InChI is InChI=1S/C17H33N3O.HI/c1-4-5-6-7-8-13-20(3)17(18-2)19-12-9-14-21-15-16-10-11-16;/h4,16H,1,5-15H2,2-3H3,(H,18,19);1H. The number of guanidine groups is 1. The molecule has 0 heterocycles. The van der Waals surface area contributed by atoms with Gasteiger partial charge in [-0.05, 0) is 44.4 Å². The Morgan fingerprint density at radius 2 is 2.09 bits per heavy atom. The third-order valence-electron chi connectivity index (χ3n) is 3.77. The number of hydrogen-bond donors (Lipinski definition) is 1. The Balaban J connectivity index is 0.00000441. The molecule has 1 rings (SSSR count). The lowest BCUT2D eigenvalue weighted by Crippen LogP contribution is -2.40. The van der Waals surface area contributed by atoms with Gasteiger partial charge in [-0.1, -0.05) is 12.5 Å². The topological polar surface area (TPSA) is 36.9 Å². The summed E-state index contributed by atoms with van der Waals surface area (Å²) in [5.41, 5.74) is 0. The lowest BCUT2D eigenvalue weighted by molar-refractivity contribution is 0.122. The van der Waals surface area contributed by atoms with Gasteiger partial charge in [-0.25, -0.2) is 0 Å². The summed E-state index contributed by atoms with van der Waals surface area (Å²) in [5.74, 6) is 1.85. The van der Waals surface area contributed by atoms with Crippen LogP contribution in [0.3, 0.4) is 0 Å². The van der Waals surface area contributed by atoms with Crippen LogP contribution in [0.25, 0.3) is 0 Å². The molecule has 1 aliphatic carbocycles.